The van der Waals surface area contributed by atoms with Crippen LogP contribution in [0.2, 0.25) is 0 Å². The van der Waals surface area contributed by atoms with Crippen molar-refractivity contribution in [3.8, 4) is 11.8 Å². The predicted molar refractivity (Wildman–Crippen MR) is 96.2 cm³/mol. The van der Waals surface area contributed by atoms with E-state index in [0.717, 1.165) is 11.1 Å². The summed E-state index contributed by atoms with van der Waals surface area (Å²) in [4.78, 5) is 13.7. The van der Waals surface area contributed by atoms with E-state index < -0.39 is 12.1 Å². The molecule has 1 unspecified atom stereocenters. The van der Waals surface area contributed by atoms with Crippen molar-refractivity contribution < 1.29 is 14.6 Å². The molecule has 2 atom stereocenters. The average Bonchev–Trinajstić information content (AvgIpc) is 2.66. The first-order chi connectivity index (χ1) is 12.6. The number of primary amides is 1. The molecule has 1 aliphatic heterocycles. The highest BCUT2D eigenvalue weighted by Crippen LogP contribution is 2.23. The molecule has 0 bridgehead atoms. The molecule has 0 radical (unpaired) electrons. The van der Waals surface area contributed by atoms with Crippen molar-refractivity contribution in [1.82, 2.24) is 4.90 Å². The number of rotatable bonds is 6. The Labute approximate surface area is 152 Å². The molecule has 0 aromatic heterocycles. The third kappa shape index (κ3) is 4.20. The van der Waals surface area contributed by atoms with Crippen LogP contribution in [-0.2, 0) is 17.8 Å². The molecular weight excluding hydrogens is 330 g/mol. The molecule has 6 nitrogen and oxygen atoms in total. The van der Waals surface area contributed by atoms with Crippen molar-refractivity contribution >= 4 is 5.91 Å². The van der Waals surface area contributed by atoms with Gasteiger partial charge in [-0.15, -0.1) is 0 Å². The van der Waals surface area contributed by atoms with Gasteiger partial charge in [-0.05, 0) is 41.8 Å². The Morgan fingerprint density at radius 3 is 2.62 bits per heavy atom. The van der Waals surface area contributed by atoms with Gasteiger partial charge in [0.2, 0.25) is 5.91 Å². The van der Waals surface area contributed by atoms with Gasteiger partial charge in [0.1, 0.15) is 18.5 Å². The highest BCUT2D eigenvalue weighted by Gasteiger charge is 2.31. The highest BCUT2D eigenvalue weighted by atomic mass is 16.5. The first-order valence-electron chi connectivity index (χ1n) is 8.48. The van der Waals surface area contributed by atoms with Gasteiger partial charge < -0.3 is 15.6 Å². The predicted octanol–water partition coefficient (Wildman–Crippen LogP) is 1.21. The van der Waals surface area contributed by atoms with Crippen LogP contribution in [0.1, 0.15) is 16.7 Å². The number of hydrogen-bond acceptors (Lipinski definition) is 5. The molecule has 0 spiro atoms. The molecule has 2 aromatic rings. The molecule has 3 rings (SSSR count). The molecule has 134 valence electrons. The van der Waals surface area contributed by atoms with Crippen molar-refractivity contribution in [3.05, 3.63) is 65.2 Å². The lowest BCUT2D eigenvalue weighted by Crippen LogP contribution is -2.51. The lowest BCUT2D eigenvalue weighted by molar-refractivity contribution is -0.124. The maximum absolute atomic E-state index is 11.8. The van der Waals surface area contributed by atoms with Crippen LogP contribution in [0.15, 0.2) is 48.5 Å². The zero-order chi connectivity index (χ0) is 18.5. The number of benzene rings is 2. The Morgan fingerprint density at radius 2 is 1.96 bits per heavy atom. The Hall–Kier alpha value is -2.88. The number of fused-ring (bicyclic) bond motifs is 1. The number of nitrogens with zero attached hydrogens (tertiary/aromatic N) is 2. The summed E-state index contributed by atoms with van der Waals surface area (Å²) in [6.45, 7) is 0.950. The number of carbonyl (C=O) groups excluding carboxylic acids is 1. The number of aliphatic hydroxyl groups is 1. The van der Waals surface area contributed by atoms with Gasteiger partial charge in [-0.2, -0.15) is 5.26 Å². The zero-order valence-corrected chi connectivity index (χ0v) is 14.3. The van der Waals surface area contributed by atoms with Gasteiger partial charge in [0.05, 0.1) is 17.7 Å². The monoisotopic (exact) mass is 351 g/mol. The highest BCUT2D eigenvalue weighted by molar-refractivity contribution is 5.80. The minimum atomic E-state index is -0.766. The zero-order valence-electron chi connectivity index (χ0n) is 14.3. The first-order valence-corrected chi connectivity index (χ1v) is 8.48. The van der Waals surface area contributed by atoms with E-state index in [2.05, 4.69) is 0 Å². The topological polar surface area (TPSA) is 99.6 Å². The fraction of sp³-hybridized carbons (Fsp3) is 0.300. The maximum Gasteiger partial charge on any atom is 0.235 e. The van der Waals surface area contributed by atoms with E-state index in [4.69, 9.17) is 15.7 Å². The Balaban J connectivity index is 1.60. The minimum Gasteiger partial charge on any atom is -0.491 e. The molecule has 2 aromatic carbocycles. The number of hydrogen-bond donors (Lipinski definition) is 2. The number of ether oxygens (including phenoxy) is 1. The quantitative estimate of drug-likeness (QED) is 0.815. The van der Waals surface area contributed by atoms with E-state index in [0.29, 0.717) is 24.3 Å². The van der Waals surface area contributed by atoms with E-state index in [9.17, 15) is 9.90 Å². The van der Waals surface area contributed by atoms with Crippen molar-refractivity contribution in [1.29, 1.82) is 5.26 Å². The number of nitriles is 1. The van der Waals surface area contributed by atoms with Crippen LogP contribution in [0.3, 0.4) is 0 Å². The number of β-amino-alcohol motifs (C(OH)–C–C–N with tert-alkyl or cyclic N) is 1. The van der Waals surface area contributed by atoms with E-state index in [1.165, 1.54) is 0 Å². The molecule has 3 N–H and O–H groups in total. The third-order valence-electron chi connectivity index (χ3n) is 4.55. The van der Waals surface area contributed by atoms with Gasteiger partial charge >= 0.3 is 0 Å². The average molecular weight is 351 g/mol. The number of nitrogens with two attached hydrogens (primary N) is 1. The molecule has 26 heavy (non-hydrogen) atoms. The van der Waals surface area contributed by atoms with Gasteiger partial charge in [-0.1, -0.05) is 24.3 Å². The molecule has 6 heteroatoms. The van der Waals surface area contributed by atoms with Gasteiger partial charge in [0.15, 0.2) is 0 Å². The summed E-state index contributed by atoms with van der Waals surface area (Å²) in [5, 5.41) is 19.1. The van der Waals surface area contributed by atoms with Crippen molar-refractivity contribution in [2.24, 2.45) is 5.73 Å². The minimum absolute atomic E-state index is 0.0928. The van der Waals surface area contributed by atoms with Crippen LogP contribution in [0.4, 0.5) is 0 Å². The van der Waals surface area contributed by atoms with Crippen LogP contribution < -0.4 is 10.5 Å². The number of carbonyl (C=O) groups is 1. The first kappa shape index (κ1) is 17.9. The standard InChI is InChI=1S/C20H21N3O3/c21-10-14-5-7-18(8-6-14)26-13-17(24)12-23-11-16-4-2-1-3-15(16)9-19(23)20(22)25/h1-8,17,19,24H,9,11-13H2,(H2,22,25)/t17?,19-/m0/s1. The van der Waals surface area contributed by atoms with Gasteiger partial charge in [0.25, 0.3) is 0 Å². The normalized spacial score (nSPS) is 17.8. The van der Waals surface area contributed by atoms with E-state index in [-0.39, 0.29) is 19.1 Å². The van der Waals surface area contributed by atoms with Crippen molar-refractivity contribution in [2.75, 3.05) is 13.2 Å². The maximum atomic E-state index is 11.8. The van der Waals surface area contributed by atoms with Gasteiger partial charge in [-0.25, -0.2) is 0 Å². The summed E-state index contributed by atoms with van der Waals surface area (Å²) in [6, 6.07) is 16.3. The van der Waals surface area contributed by atoms with Crippen LogP contribution in [0.5, 0.6) is 5.75 Å². The SMILES string of the molecule is N#Cc1ccc(OCC(O)CN2Cc3ccccc3C[C@H]2C(N)=O)cc1. The third-order valence-corrected chi connectivity index (χ3v) is 4.55. The molecule has 1 heterocycles. The summed E-state index contributed by atoms with van der Waals surface area (Å²) in [5.41, 5.74) is 8.38. The second-order valence-electron chi connectivity index (χ2n) is 6.42. The van der Waals surface area contributed by atoms with Crippen LogP contribution in [-0.4, -0.2) is 41.2 Å². The summed E-state index contributed by atoms with van der Waals surface area (Å²) in [6.07, 6.45) is -0.216. The summed E-state index contributed by atoms with van der Waals surface area (Å²) in [5.74, 6) is 0.193. The van der Waals surface area contributed by atoms with Crippen LogP contribution >= 0.6 is 0 Å². The fourth-order valence-corrected chi connectivity index (χ4v) is 3.19. The molecule has 0 saturated carbocycles. The molecular formula is C20H21N3O3. The van der Waals surface area contributed by atoms with E-state index >= 15 is 0 Å². The van der Waals surface area contributed by atoms with Gasteiger partial charge in [-0.3, -0.25) is 9.69 Å². The van der Waals surface area contributed by atoms with E-state index in [1.54, 1.807) is 24.3 Å². The summed E-state index contributed by atoms with van der Waals surface area (Å²) in [7, 11) is 0. The van der Waals surface area contributed by atoms with Crippen molar-refractivity contribution in [2.45, 2.75) is 25.1 Å². The summed E-state index contributed by atoms with van der Waals surface area (Å²) >= 11 is 0. The van der Waals surface area contributed by atoms with Crippen molar-refractivity contribution in [3.63, 3.8) is 0 Å². The smallest absolute Gasteiger partial charge is 0.235 e. The lowest BCUT2D eigenvalue weighted by atomic mass is 9.93. The number of amides is 1. The lowest BCUT2D eigenvalue weighted by Gasteiger charge is -2.36. The van der Waals surface area contributed by atoms with Gasteiger partial charge in [0, 0.05) is 13.1 Å². The summed E-state index contributed by atoms with van der Waals surface area (Å²) < 4.78 is 5.57. The largest absolute Gasteiger partial charge is 0.491 e. The molecule has 1 amide bonds. The molecule has 0 aliphatic carbocycles. The fourth-order valence-electron chi connectivity index (χ4n) is 3.19. The van der Waals surface area contributed by atoms with E-state index in [1.807, 2.05) is 35.2 Å². The second-order valence-corrected chi connectivity index (χ2v) is 6.42. The Morgan fingerprint density at radius 1 is 1.27 bits per heavy atom. The number of aliphatic hydroxyl groups excluding tert-OH is 1. The second kappa shape index (κ2) is 8.00. The molecule has 0 saturated heterocycles. The Bertz CT molecular complexity index is 814. The molecule has 1 aliphatic rings. The molecule has 0 fully saturated rings. The Kier molecular flexibility index (Phi) is 5.52. The van der Waals surface area contributed by atoms with Crippen LogP contribution in [0, 0.1) is 11.3 Å². The van der Waals surface area contributed by atoms with Crippen LogP contribution in [0.25, 0.3) is 0 Å².